The van der Waals surface area contributed by atoms with Crippen molar-refractivity contribution in [3.05, 3.63) is 28.9 Å². The van der Waals surface area contributed by atoms with Gasteiger partial charge in [0.2, 0.25) is 0 Å². The van der Waals surface area contributed by atoms with Crippen molar-refractivity contribution in [2.24, 2.45) is 0 Å². The van der Waals surface area contributed by atoms with E-state index in [-0.39, 0.29) is 0 Å². The molecule has 4 heteroatoms. The van der Waals surface area contributed by atoms with Crippen LogP contribution in [-0.2, 0) is 0 Å². The Kier molecular flexibility index (Phi) is 2.77. The van der Waals surface area contributed by atoms with Crippen molar-refractivity contribution < 1.29 is 0 Å². The van der Waals surface area contributed by atoms with E-state index in [2.05, 4.69) is 33.2 Å². The predicted octanol–water partition coefficient (Wildman–Crippen LogP) is 3.01. The normalized spacial score (nSPS) is 10.5. The van der Waals surface area contributed by atoms with Crippen molar-refractivity contribution in [1.29, 1.82) is 0 Å². The third-order valence-corrected chi connectivity index (χ3v) is 2.65. The number of aromatic nitrogens is 1. The first-order valence-electron chi connectivity index (χ1n) is 4.80. The first kappa shape index (κ1) is 10.2. The Morgan fingerprint density at radius 1 is 1.47 bits per heavy atom. The number of nitrogens with zero attached hydrogens (tertiary/aromatic N) is 1. The van der Waals surface area contributed by atoms with Crippen LogP contribution in [0.1, 0.15) is 6.92 Å². The van der Waals surface area contributed by atoms with Crippen LogP contribution in [0.15, 0.2) is 28.9 Å². The average Bonchev–Trinajstić information content (AvgIpc) is 2.23. The van der Waals surface area contributed by atoms with E-state index in [1.54, 1.807) is 6.20 Å². The van der Waals surface area contributed by atoms with Gasteiger partial charge < -0.3 is 11.1 Å². The number of halogens is 1. The molecule has 0 amide bonds. The number of pyridine rings is 1. The lowest BCUT2D eigenvalue weighted by Gasteiger charge is -2.09. The van der Waals surface area contributed by atoms with E-state index < -0.39 is 0 Å². The third kappa shape index (κ3) is 1.90. The second-order valence-electron chi connectivity index (χ2n) is 3.28. The fourth-order valence-electron chi connectivity index (χ4n) is 1.55. The summed E-state index contributed by atoms with van der Waals surface area (Å²) in [7, 11) is 0. The minimum atomic E-state index is 0.750. The Morgan fingerprint density at radius 2 is 2.27 bits per heavy atom. The number of fused-ring (bicyclic) bond motifs is 1. The van der Waals surface area contributed by atoms with Crippen LogP contribution in [0.4, 0.5) is 11.4 Å². The zero-order valence-electron chi connectivity index (χ0n) is 8.42. The number of nitrogens with one attached hydrogen (secondary N) is 1. The van der Waals surface area contributed by atoms with Gasteiger partial charge in [-0.3, -0.25) is 4.98 Å². The van der Waals surface area contributed by atoms with Gasteiger partial charge in [-0.2, -0.15) is 0 Å². The molecule has 0 unspecified atom stereocenters. The molecule has 3 nitrogen and oxygen atoms in total. The molecule has 0 aliphatic heterocycles. The van der Waals surface area contributed by atoms with E-state index in [0.717, 1.165) is 33.3 Å². The molecule has 1 aromatic heterocycles. The van der Waals surface area contributed by atoms with Gasteiger partial charge in [0, 0.05) is 28.3 Å². The molecule has 1 heterocycles. The molecular formula is C11H12BrN3. The molecule has 0 aliphatic carbocycles. The van der Waals surface area contributed by atoms with Gasteiger partial charge in [-0.25, -0.2) is 0 Å². The third-order valence-electron chi connectivity index (χ3n) is 2.22. The maximum Gasteiger partial charge on any atom is 0.0954 e. The summed E-state index contributed by atoms with van der Waals surface area (Å²) in [4.78, 5) is 4.37. The van der Waals surface area contributed by atoms with Crippen molar-refractivity contribution in [2.75, 3.05) is 17.6 Å². The van der Waals surface area contributed by atoms with E-state index in [1.807, 2.05) is 18.2 Å². The van der Waals surface area contributed by atoms with E-state index in [9.17, 15) is 0 Å². The molecule has 0 atom stereocenters. The van der Waals surface area contributed by atoms with Crippen molar-refractivity contribution in [1.82, 2.24) is 4.98 Å². The summed E-state index contributed by atoms with van der Waals surface area (Å²) in [6.07, 6.45) is 1.78. The second kappa shape index (κ2) is 4.06. The Balaban J connectivity index is 2.71. The summed E-state index contributed by atoms with van der Waals surface area (Å²) in [6, 6.07) is 5.84. The summed E-state index contributed by atoms with van der Waals surface area (Å²) < 4.78 is 0.940. The van der Waals surface area contributed by atoms with Crippen LogP contribution < -0.4 is 11.1 Å². The first-order valence-corrected chi connectivity index (χ1v) is 5.59. The van der Waals surface area contributed by atoms with Crippen LogP contribution in [0.2, 0.25) is 0 Å². The molecule has 0 saturated carbocycles. The molecule has 15 heavy (non-hydrogen) atoms. The lowest BCUT2D eigenvalue weighted by Crippen LogP contribution is -1.99. The average molecular weight is 266 g/mol. The summed E-state index contributed by atoms with van der Waals surface area (Å²) in [5.74, 6) is 0. The number of anilines is 2. The van der Waals surface area contributed by atoms with Gasteiger partial charge in [0.05, 0.1) is 11.2 Å². The van der Waals surface area contributed by atoms with E-state index in [0.29, 0.717) is 0 Å². The van der Waals surface area contributed by atoms with Gasteiger partial charge >= 0.3 is 0 Å². The zero-order chi connectivity index (χ0) is 10.8. The van der Waals surface area contributed by atoms with Gasteiger partial charge in [-0.15, -0.1) is 0 Å². The fourth-order valence-corrected chi connectivity index (χ4v) is 1.88. The van der Waals surface area contributed by atoms with Crippen molar-refractivity contribution in [2.45, 2.75) is 6.92 Å². The largest absolute Gasteiger partial charge is 0.398 e. The van der Waals surface area contributed by atoms with E-state index >= 15 is 0 Å². The zero-order valence-corrected chi connectivity index (χ0v) is 10.0. The minimum absolute atomic E-state index is 0.750. The molecule has 0 radical (unpaired) electrons. The van der Waals surface area contributed by atoms with Crippen LogP contribution >= 0.6 is 15.9 Å². The highest BCUT2D eigenvalue weighted by Crippen LogP contribution is 2.28. The Bertz CT molecular complexity index is 496. The van der Waals surface area contributed by atoms with Crippen LogP contribution in [-0.4, -0.2) is 11.5 Å². The summed E-state index contributed by atoms with van der Waals surface area (Å²) >= 11 is 3.39. The van der Waals surface area contributed by atoms with Crippen LogP contribution in [0.25, 0.3) is 10.9 Å². The molecular weight excluding hydrogens is 254 g/mol. The molecule has 0 fully saturated rings. The summed E-state index contributed by atoms with van der Waals surface area (Å²) in [5, 5.41) is 4.24. The lowest BCUT2D eigenvalue weighted by atomic mass is 10.1. The minimum Gasteiger partial charge on any atom is -0.398 e. The molecule has 3 N–H and O–H groups in total. The Labute approximate surface area is 96.8 Å². The highest BCUT2D eigenvalue weighted by Gasteiger charge is 2.05. The van der Waals surface area contributed by atoms with Crippen LogP contribution in [0.3, 0.4) is 0 Å². The van der Waals surface area contributed by atoms with E-state index in [1.165, 1.54) is 0 Å². The number of nitrogen functional groups attached to an aromatic ring is 1. The number of nitrogens with two attached hydrogens (primary N) is 1. The van der Waals surface area contributed by atoms with Gasteiger partial charge in [-0.05, 0) is 41.1 Å². The maximum atomic E-state index is 5.90. The Hall–Kier alpha value is -1.29. The Morgan fingerprint density at radius 3 is 3.00 bits per heavy atom. The standard InChI is InChI=1S/C11H12BrN3/c1-2-14-10-4-3-9(13)8-5-7(12)6-15-11(8)10/h3-6,14H,2,13H2,1H3. The molecule has 2 aromatic rings. The second-order valence-corrected chi connectivity index (χ2v) is 4.20. The van der Waals surface area contributed by atoms with E-state index in [4.69, 9.17) is 5.73 Å². The quantitative estimate of drug-likeness (QED) is 0.821. The predicted molar refractivity (Wildman–Crippen MR) is 68.0 cm³/mol. The maximum absolute atomic E-state index is 5.90. The number of benzene rings is 1. The highest BCUT2D eigenvalue weighted by molar-refractivity contribution is 9.10. The smallest absolute Gasteiger partial charge is 0.0954 e. The molecule has 1 aromatic carbocycles. The fraction of sp³-hybridized carbons (Fsp3) is 0.182. The highest BCUT2D eigenvalue weighted by atomic mass is 79.9. The first-order chi connectivity index (χ1) is 7.22. The summed E-state index contributed by atoms with van der Waals surface area (Å²) in [6.45, 7) is 2.93. The van der Waals surface area contributed by atoms with Crippen molar-refractivity contribution in [3.8, 4) is 0 Å². The molecule has 0 bridgehead atoms. The summed E-state index contributed by atoms with van der Waals surface area (Å²) in [5.41, 5.74) is 8.59. The van der Waals surface area contributed by atoms with Gasteiger partial charge in [0.25, 0.3) is 0 Å². The number of rotatable bonds is 2. The number of hydrogen-bond acceptors (Lipinski definition) is 3. The molecule has 2 rings (SSSR count). The van der Waals surface area contributed by atoms with Gasteiger partial charge in [0.1, 0.15) is 0 Å². The van der Waals surface area contributed by atoms with Crippen LogP contribution in [0, 0.1) is 0 Å². The number of hydrogen-bond donors (Lipinski definition) is 2. The molecule has 0 aliphatic rings. The SMILES string of the molecule is CCNc1ccc(N)c2cc(Br)cnc12. The molecule has 0 spiro atoms. The molecule has 78 valence electrons. The van der Waals surface area contributed by atoms with Crippen molar-refractivity contribution in [3.63, 3.8) is 0 Å². The van der Waals surface area contributed by atoms with Gasteiger partial charge in [-0.1, -0.05) is 0 Å². The van der Waals surface area contributed by atoms with Crippen LogP contribution in [0.5, 0.6) is 0 Å². The monoisotopic (exact) mass is 265 g/mol. The lowest BCUT2D eigenvalue weighted by molar-refractivity contribution is 1.21. The van der Waals surface area contributed by atoms with Gasteiger partial charge in [0.15, 0.2) is 0 Å². The topological polar surface area (TPSA) is 50.9 Å². The van der Waals surface area contributed by atoms with Crippen molar-refractivity contribution >= 4 is 38.2 Å². The molecule has 0 saturated heterocycles.